The smallest absolute Gasteiger partial charge is 0.254 e. The number of rotatable bonds is 6. The van der Waals surface area contributed by atoms with Crippen LogP contribution in [0.4, 0.5) is 5.69 Å². The van der Waals surface area contributed by atoms with Crippen LogP contribution in [-0.4, -0.2) is 54.0 Å². The van der Waals surface area contributed by atoms with Gasteiger partial charge in [0, 0.05) is 31.0 Å². The summed E-state index contributed by atoms with van der Waals surface area (Å²) < 4.78 is 25.7. The molecule has 1 aromatic carbocycles. The third kappa shape index (κ3) is 4.52. The Morgan fingerprint density at radius 1 is 1.12 bits per heavy atom. The number of nitrogens with one attached hydrogen (secondary N) is 1. The molecule has 32 heavy (non-hydrogen) atoms. The highest BCUT2D eigenvalue weighted by Gasteiger charge is 2.24. The van der Waals surface area contributed by atoms with Crippen LogP contribution in [0.1, 0.15) is 35.8 Å². The van der Waals surface area contributed by atoms with Crippen molar-refractivity contribution < 1.29 is 13.2 Å². The number of benzene rings is 1. The first-order valence-electron chi connectivity index (χ1n) is 10.7. The van der Waals surface area contributed by atoms with E-state index in [4.69, 9.17) is 0 Å². The molecule has 168 valence electrons. The van der Waals surface area contributed by atoms with Crippen LogP contribution in [0.5, 0.6) is 0 Å². The fraction of sp³-hybridized carbons (Fsp3) is 0.348. The van der Waals surface area contributed by atoms with Crippen molar-refractivity contribution in [2.45, 2.75) is 37.6 Å². The predicted molar refractivity (Wildman–Crippen MR) is 123 cm³/mol. The fourth-order valence-corrected chi connectivity index (χ4v) is 4.80. The maximum Gasteiger partial charge on any atom is 0.254 e. The number of sulfone groups is 1. The molecular weight excluding hydrogens is 426 g/mol. The number of nitrogens with zero attached hydrogens (tertiary/aromatic N) is 4. The van der Waals surface area contributed by atoms with Crippen molar-refractivity contribution in [2.75, 3.05) is 23.7 Å². The van der Waals surface area contributed by atoms with E-state index in [-0.39, 0.29) is 17.7 Å². The standard InChI is InChI=1S/C23H27N5O3S/c1-3-32(30,31)20-9-7-19(8-10-20)27-14-11-18(12-15-27)26-23(29)21-16-25-28(17(21)2)22-6-4-5-13-24-22/h4-10,13,16,18H,3,11-12,14-15H2,1-2H3,(H,26,29). The lowest BCUT2D eigenvalue weighted by Crippen LogP contribution is -2.44. The van der Waals surface area contributed by atoms with E-state index in [9.17, 15) is 13.2 Å². The van der Waals surface area contributed by atoms with Crippen LogP contribution in [0.25, 0.3) is 5.82 Å². The Bertz CT molecular complexity index is 1180. The first-order chi connectivity index (χ1) is 15.4. The van der Waals surface area contributed by atoms with E-state index in [2.05, 4.69) is 20.3 Å². The van der Waals surface area contributed by atoms with Gasteiger partial charge in [0.15, 0.2) is 15.7 Å². The van der Waals surface area contributed by atoms with Gasteiger partial charge in [-0.2, -0.15) is 5.10 Å². The molecule has 4 rings (SSSR count). The number of piperidine rings is 1. The molecule has 1 aliphatic rings. The predicted octanol–water partition coefficient (Wildman–Crippen LogP) is 2.77. The zero-order chi connectivity index (χ0) is 22.7. The minimum absolute atomic E-state index is 0.0797. The molecular formula is C23H27N5O3S. The first-order valence-corrected chi connectivity index (χ1v) is 12.4. The zero-order valence-electron chi connectivity index (χ0n) is 18.2. The molecule has 0 saturated carbocycles. The van der Waals surface area contributed by atoms with Crippen molar-refractivity contribution in [3.63, 3.8) is 0 Å². The first kappa shape index (κ1) is 22.0. The Kier molecular flexibility index (Phi) is 6.27. The van der Waals surface area contributed by atoms with Crippen molar-refractivity contribution in [2.24, 2.45) is 0 Å². The number of carbonyl (C=O) groups is 1. The van der Waals surface area contributed by atoms with Gasteiger partial charge in [-0.25, -0.2) is 18.1 Å². The number of amides is 1. The van der Waals surface area contributed by atoms with Gasteiger partial charge in [0.25, 0.3) is 5.91 Å². The highest BCUT2D eigenvalue weighted by molar-refractivity contribution is 7.91. The average molecular weight is 454 g/mol. The Hall–Kier alpha value is -3.20. The highest BCUT2D eigenvalue weighted by atomic mass is 32.2. The quantitative estimate of drug-likeness (QED) is 0.616. The van der Waals surface area contributed by atoms with Crippen molar-refractivity contribution in [3.8, 4) is 5.82 Å². The molecule has 0 aliphatic carbocycles. The van der Waals surface area contributed by atoms with E-state index in [1.54, 1.807) is 36.1 Å². The summed E-state index contributed by atoms with van der Waals surface area (Å²) in [7, 11) is -3.19. The van der Waals surface area contributed by atoms with E-state index in [0.29, 0.717) is 16.3 Å². The van der Waals surface area contributed by atoms with Crippen molar-refractivity contribution in [1.29, 1.82) is 0 Å². The Labute approximate surface area is 188 Å². The summed E-state index contributed by atoms with van der Waals surface area (Å²) in [5.41, 5.74) is 2.30. The number of hydrogen-bond donors (Lipinski definition) is 1. The van der Waals surface area contributed by atoms with E-state index in [1.807, 2.05) is 37.3 Å². The lowest BCUT2D eigenvalue weighted by molar-refractivity contribution is 0.0930. The average Bonchev–Trinajstić information content (AvgIpc) is 3.21. The van der Waals surface area contributed by atoms with Crippen LogP contribution in [0, 0.1) is 6.92 Å². The third-order valence-corrected chi connectivity index (χ3v) is 7.64. The number of hydrogen-bond acceptors (Lipinski definition) is 6. The summed E-state index contributed by atoms with van der Waals surface area (Å²) in [6.45, 7) is 5.09. The molecule has 0 bridgehead atoms. The van der Waals surface area contributed by atoms with E-state index < -0.39 is 9.84 Å². The molecule has 0 radical (unpaired) electrons. The van der Waals surface area contributed by atoms with Gasteiger partial charge in [-0.3, -0.25) is 4.79 Å². The van der Waals surface area contributed by atoms with E-state index >= 15 is 0 Å². The molecule has 1 amide bonds. The molecule has 3 aromatic rings. The molecule has 9 heteroatoms. The third-order valence-electron chi connectivity index (χ3n) is 5.89. The second-order valence-electron chi connectivity index (χ2n) is 7.88. The van der Waals surface area contributed by atoms with Gasteiger partial charge < -0.3 is 10.2 Å². The molecule has 0 atom stereocenters. The lowest BCUT2D eigenvalue weighted by atomic mass is 10.0. The van der Waals surface area contributed by atoms with Crippen molar-refractivity contribution in [3.05, 3.63) is 66.1 Å². The van der Waals surface area contributed by atoms with Gasteiger partial charge in [0.05, 0.1) is 28.1 Å². The molecule has 1 aliphatic heterocycles. The maximum absolute atomic E-state index is 12.8. The minimum atomic E-state index is -3.19. The van der Waals surface area contributed by atoms with Crippen LogP contribution in [-0.2, 0) is 9.84 Å². The van der Waals surface area contributed by atoms with Crippen LogP contribution in [0.3, 0.4) is 0 Å². The van der Waals surface area contributed by atoms with Gasteiger partial charge in [-0.15, -0.1) is 0 Å². The zero-order valence-corrected chi connectivity index (χ0v) is 19.0. The fourth-order valence-electron chi connectivity index (χ4n) is 3.92. The highest BCUT2D eigenvalue weighted by Crippen LogP contribution is 2.23. The number of anilines is 1. The molecule has 8 nitrogen and oxygen atoms in total. The van der Waals surface area contributed by atoms with Crippen molar-refractivity contribution in [1.82, 2.24) is 20.1 Å². The van der Waals surface area contributed by atoms with E-state index in [1.165, 1.54) is 0 Å². The second kappa shape index (κ2) is 9.12. The monoisotopic (exact) mass is 453 g/mol. The topological polar surface area (TPSA) is 97.2 Å². The number of aromatic nitrogens is 3. The number of carbonyl (C=O) groups excluding carboxylic acids is 1. The van der Waals surface area contributed by atoms with Gasteiger partial charge in [0.1, 0.15) is 0 Å². The molecule has 1 N–H and O–H groups in total. The Morgan fingerprint density at radius 2 is 1.84 bits per heavy atom. The van der Waals surface area contributed by atoms with Crippen LogP contribution in [0.2, 0.25) is 0 Å². The van der Waals surface area contributed by atoms with Crippen LogP contribution in [0.15, 0.2) is 59.8 Å². The Morgan fingerprint density at radius 3 is 2.47 bits per heavy atom. The second-order valence-corrected chi connectivity index (χ2v) is 10.2. The Balaban J connectivity index is 1.35. The van der Waals surface area contributed by atoms with Gasteiger partial charge in [-0.05, 0) is 56.2 Å². The van der Waals surface area contributed by atoms with Crippen LogP contribution < -0.4 is 10.2 Å². The molecule has 2 aromatic heterocycles. The SMILES string of the molecule is CCS(=O)(=O)c1ccc(N2CCC(NC(=O)c3cnn(-c4ccccn4)c3C)CC2)cc1. The molecule has 1 saturated heterocycles. The molecule has 0 unspecified atom stereocenters. The summed E-state index contributed by atoms with van der Waals surface area (Å²) in [4.78, 5) is 19.7. The normalized spacial score (nSPS) is 15.0. The summed E-state index contributed by atoms with van der Waals surface area (Å²) in [5.74, 6) is 0.643. The van der Waals surface area contributed by atoms with Crippen molar-refractivity contribution >= 4 is 21.4 Å². The summed E-state index contributed by atoms with van der Waals surface area (Å²) in [6.07, 6.45) is 4.91. The van der Waals surface area contributed by atoms with Crippen LogP contribution >= 0.6 is 0 Å². The summed E-state index contributed by atoms with van der Waals surface area (Å²) in [6, 6.07) is 12.7. The van der Waals surface area contributed by atoms with Gasteiger partial charge >= 0.3 is 0 Å². The van der Waals surface area contributed by atoms with Gasteiger partial charge in [0.2, 0.25) is 0 Å². The molecule has 0 spiro atoms. The molecule has 1 fully saturated rings. The summed E-state index contributed by atoms with van der Waals surface area (Å²) in [5, 5.41) is 7.46. The van der Waals surface area contributed by atoms with E-state index in [0.717, 1.165) is 37.3 Å². The number of pyridine rings is 1. The minimum Gasteiger partial charge on any atom is -0.371 e. The summed E-state index contributed by atoms with van der Waals surface area (Å²) >= 11 is 0. The lowest BCUT2D eigenvalue weighted by Gasteiger charge is -2.34. The molecule has 3 heterocycles. The maximum atomic E-state index is 12.8. The van der Waals surface area contributed by atoms with Gasteiger partial charge in [-0.1, -0.05) is 13.0 Å². The largest absolute Gasteiger partial charge is 0.371 e.